The zero-order valence-electron chi connectivity index (χ0n) is 10.3. The van der Waals surface area contributed by atoms with Crippen molar-refractivity contribution in [1.29, 1.82) is 0 Å². The first-order chi connectivity index (χ1) is 9.11. The van der Waals surface area contributed by atoms with Gasteiger partial charge in [-0.25, -0.2) is 0 Å². The first-order valence-electron chi connectivity index (χ1n) is 6.04. The Kier molecular flexibility index (Phi) is 5.05. The van der Waals surface area contributed by atoms with Crippen LogP contribution in [-0.4, -0.2) is 48.3 Å². The Morgan fingerprint density at radius 1 is 1.42 bits per heavy atom. The Morgan fingerprint density at radius 2 is 2.21 bits per heavy atom. The van der Waals surface area contributed by atoms with Gasteiger partial charge in [-0.3, -0.25) is 4.79 Å². The second kappa shape index (κ2) is 6.57. The maximum absolute atomic E-state index is 12.2. The number of carbonyl (C=O) groups excluding carboxylic acids is 1. The number of carbonyl (C=O) groups is 1. The van der Waals surface area contributed by atoms with Gasteiger partial charge in [-0.05, 0) is 17.7 Å². The Balaban J connectivity index is 2.05. The molecule has 0 radical (unpaired) electrons. The molecule has 1 aromatic carbocycles. The van der Waals surface area contributed by atoms with E-state index in [4.69, 9.17) is 27.9 Å². The van der Waals surface area contributed by atoms with E-state index in [0.29, 0.717) is 29.8 Å². The van der Waals surface area contributed by atoms with E-state index in [2.05, 4.69) is 0 Å². The van der Waals surface area contributed by atoms with Crippen LogP contribution in [0, 0.1) is 0 Å². The number of morpholine rings is 1. The molecule has 1 unspecified atom stereocenters. The van der Waals surface area contributed by atoms with Crippen LogP contribution in [-0.2, 0) is 16.0 Å². The average molecular weight is 304 g/mol. The van der Waals surface area contributed by atoms with Gasteiger partial charge in [0.25, 0.3) is 0 Å². The van der Waals surface area contributed by atoms with Crippen molar-refractivity contribution in [1.82, 2.24) is 4.90 Å². The lowest BCUT2D eigenvalue weighted by Crippen LogP contribution is -2.51. The lowest BCUT2D eigenvalue weighted by molar-refractivity contribution is -0.140. The fourth-order valence-electron chi connectivity index (χ4n) is 2.06. The largest absolute Gasteiger partial charge is 0.394 e. The van der Waals surface area contributed by atoms with E-state index in [-0.39, 0.29) is 25.0 Å². The number of nitrogens with zero attached hydrogens (tertiary/aromatic N) is 1. The van der Waals surface area contributed by atoms with Gasteiger partial charge in [0.1, 0.15) is 0 Å². The summed E-state index contributed by atoms with van der Waals surface area (Å²) in [7, 11) is 0. The van der Waals surface area contributed by atoms with E-state index in [1.54, 1.807) is 23.1 Å². The summed E-state index contributed by atoms with van der Waals surface area (Å²) in [5.41, 5.74) is 0.808. The number of benzene rings is 1. The van der Waals surface area contributed by atoms with Crippen LogP contribution in [0.5, 0.6) is 0 Å². The van der Waals surface area contributed by atoms with Crippen LogP contribution in [0.4, 0.5) is 0 Å². The molecule has 1 atom stereocenters. The summed E-state index contributed by atoms with van der Waals surface area (Å²) < 4.78 is 5.25. The number of halogens is 2. The number of hydrogen-bond donors (Lipinski definition) is 1. The third-order valence-corrected chi connectivity index (χ3v) is 3.84. The second-order valence-corrected chi connectivity index (χ2v) is 5.24. The summed E-state index contributed by atoms with van der Waals surface area (Å²) in [4.78, 5) is 13.9. The number of aliphatic hydroxyl groups is 1. The molecule has 0 saturated carbocycles. The maximum atomic E-state index is 12.2. The predicted octanol–water partition coefficient (Wildman–Crippen LogP) is 1.76. The van der Waals surface area contributed by atoms with Crippen molar-refractivity contribution >= 4 is 29.1 Å². The highest BCUT2D eigenvalue weighted by Crippen LogP contribution is 2.23. The number of ether oxygens (including phenoxy) is 1. The topological polar surface area (TPSA) is 49.8 Å². The van der Waals surface area contributed by atoms with Gasteiger partial charge in [0.15, 0.2) is 0 Å². The van der Waals surface area contributed by atoms with Crippen LogP contribution in [0.1, 0.15) is 5.56 Å². The summed E-state index contributed by atoms with van der Waals surface area (Å²) in [5.74, 6) is -0.0410. The number of rotatable bonds is 3. The molecule has 6 heteroatoms. The molecule has 0 bridgehead atoms. The minimum Gasteiger partial charge on any atom is -0.394 e. The third kappa shape index (κ3) is 3.60. The molecule has 4 nitrogen and oxygen atoms in total. The number of hydrogen-bond acceptors (Lipinski definition) is 3. The molecule has 1 amide bonds. The highest BCUT2D eigenvalue weighted by Gasteiger charge is 2.26. The zero-order chi connectivity index (χ0) is 13.8. The second-order valence-electron chi connectivity index (χ2n) is 4.42. The van der Waals surface area contributed by atoms with E-state index in [0.717, 1.165) is 5.56 Å². The van der Waals surface area contributed by atoms with E-state index < -0.39 is 0 Å². The average Bonchev–Trinajstić information content (AvgIpc) is 2.43. The van der Waals surface area contributed by atoms with Gasteiger partial charge in [-0.1, -0.05) is 29.3 Å². The standard InChI is InChI=1S/C13H15Cl2NO3/c14-11-2-1-9(5-12(11)15)6-13(18)16-3-4-19-8-10(16)7-17/h1-2,5,10,17H,3-4,6-8H2. The molecule has 1 aromatic rings. The summed E-state index contributed by atoms with van der Waals surface area (Å²) in [6.45, 7) is 1.30. The molecule has 1 fully saturated rings. The maximum Gasteiger partial charge on any atom is 0.227 e. The predicted molar refractivity (Wildman–Crippen MR) is 73.6 cm³/mol. The van der Waals surface area contributed by atoms with E-state index in [1.807, 2.05) is 0 Å². The van der Waals surface area contributed by atoms with Crippen molar-refractivity contribution < 1.29 is 14.6 Å². The number of amides is 1. The van der Waals surface area contributed by atoms with Crippen LogP contribution in [0.25, 0.3) is 0 Å². The lowest BCUT2D eigenvalue weighted by atomic mass is 10.1. The summed E-state index contributed by atoms with van der Waals surface area (Å²) in [6.07, 6.45) is 0.243. The van der Waals surface area contributed by atoms with E-state index in [9.17, 15) is 9.90 Å². The Hall–Kier alpha value is -0.810. The summed E-state index contributed by atoms with van der Waals surface area (Å²) in [6, 6.07) is 4.88. The Morgan fingerprint density at radius 3 is 2.89 bits per heavy atom. The fourth-order valence-corrected chi connectivity index (χ4v) is 2.38. The van der Waals surface area contributed by atoms with Crippen LogP contribution >= 0.6 is 23.2 Å². The highest BCUT2D eigenvalue weighted by molar-refractivity contribution is 6.42. The lowest BCUT2D eigenvalue weighted by Gasteiger charge is -2.34. The molecule has 0 aliphatic carbocycles. The number of aliphatic hydroxyl groups excluding tert-OH is 1. The van der Waals surface area contributed by atoms with Gasteiger partial charge in [-0.15, -0.1) is 0 Å². The van der Waals surface area contributed by atoms with Crippen LogP contribution < -0.4 is 0 Å². The first-order valence-corrected chi connectivity index (χ1v) is 6.79. The molecule has 19 heavy (non-hydrogen) atoms. The molecule has 0 spiro atoms. The van der Waals surface area contributed by atoms with Crippen LogP contribution in [0.15, 0.2) is 18.2 Å². The molecular weight excluding hydrogens is 289 g/mol. The first kappa shape index (κ1) is 14.6. The Labute approximate surface area is 121 Å². The van der Waals surface area contributed by atoms with Gasteiger partial charge >= 0.3 is 0 Å². The summed E-state index contributed by atoms with van der Waals surface area (Å²) in [5, 5.41) is 10.2. The van der Waals surface area contributed by atoms with E-state index >= 15 is 0 Å². The molecule has 104 valence electrons. The molecule has 2 rings (SSSR count). The molecule has 1 aliphatic rings. The van der Waals surface area contributed by atoms with Gasteiger partial charge in [-0.2, -0.15) is 0 Å². The smallest absolute Gasteiger partial charge is 0.227 e. The highest BCUT2D eigenvalue weighted by atomic mass is 35.5. The van der Waals surface area contributed by atoms with Crippen LogP contribution in [0.2, 0.25) is 10.0 Å². The molecule has 0 aromatic heterocycles. The van der Waals surface area contributed by atoms with Crippen molar-refractivity contribution in [3.63, 3.8) is 0 Å². The van der Waals surface area contributed by atoms with Crippen LogP contribution in [0.3, 0.4) is 0 Å². The third-order valence-electron chi connectivity index (χ3n) is 3.10. The monoisotopic (exact) mass is 303 g/mol. The quantitative estimate of drug-likeness (QED) is 0.925. The molecule has 1 aliphatic heterocycles. The zero-order valence-corrected chi connectivity index (χ0v) is 11.8. The van der Waals surface area contributed by atoms with Crippen molar-refractivity contribution in [2.75, 3.05) is 26.4 Å². The Bertz CT molecular complexity index is 467. The normalized spacial score (nSPS) is 19.5. The minimum absolute atomic E-state index is 0.0410. The van der Waals surface area contributed by atoms with E-state index in [1.165, 1.54) is 0 Å². The molecular formula is C13H15Cl2NO3. The van der Waals surface area contributed by atoms with Crippen molar-refractivity contribution in [3.8, 4) is 0 Å². The minimum atomic E-state index is -0.260. The SMILES string of the molecule is O=C(Cc1ccc(Cl)c(Cl)c1)N1CCOCC1CO. The fraction of sp³-hybridized carbons (Fsp3) is 0.462. The van der Waals surface area contributed by atoms with Crippen molar-refractivity contribution in [3.05, 3.63) is 33.8 Å². The van der Waals surface area contributed by atoms with Gasteiger partial charge in [0, 0.05) is 6.54 Å². The van der Waals surface area contributed by atoms with Crippen molar-refractivity contribution in [2.45, 2.75) is 12.5 Å². The van der Waals surface area contributed by atoms with Crippen molar-refractivity contribution in [2.24, 2.45) is 0 Å². The van der Waals surface area contributed by atoms with Gasteiger partial charge in [0.2, 0.25) is 5.91 Å². The van der Waals surface area contributed by atoms with Gasteiger partial charge in [0.05, 0.1) is 42.3 Å². The molecule has 1 heterocycles. The molecule has 1 saturated heterocycles. The summed E-state index contributed by atoms with van der Waals surface area (Å²) >= 11 is 11.8. The molecule has 1 N–H and O–H groups in total. The van der Waals surface area contributed by atoms with Gasteiger partial charge < -0.3 is 14.7 Å².